The molecule has 0 bridgehead atoms. The Bertz CT molecular complexity index is 1650. The Morgan fingerprint density at radius 2 is 1.82 bits per heavy atom. The van der Waals surface area contributed by atoms with Crippen molar-refractivity contribution in [1.82, 2.24) is 23.8 Å². The highest BCUT2D eigenvalue weighted by Crippen LogP contribution is 2.43. The van der Waals surface area contributed by atoms with Crippen LogP contribution in [0.2, 0.25) is 0 Å². The predicted molar refractivity (Wildman–Crippen MR) is 127 cm³/mol. The van der Waals surface area contributed by atoms with Gasteiger partial charge in [0.2, 0.25) is 15.9 Å². The van der Waals surface area contributed by atoms with Gasteiger partial charge in [0.05, 0.1) is 23.8 Å². The fraction of sp³-hybridized carbons (Fsp3) is 0.292. The van der Waals surface area contributed by atoms with Crippen molar-refractivity contribution in [2.24, 2.45) is 0 Å². The summed E-state index contributed by atoms with van der Waals surface area (Å²) in [7, 11) is -2.53. The first-order valence-corrected chi connectivity index (χ1v) is 13.0. The number of hydrogen-bond donors (Lipinski definition) is 0. The monoisotopic (exact) mass is 547 g/mol. The van der Waals surface area contributed by atoms with E-state index in [2.05, 4.69) is 24.4 Å². The SMILES string of the molecule is COc1ccc2nc(-c3ccncc3F)n(C3CCN(S(=O)(=O)c4ccc5c(c4)OC(F)(F)O5)CC3)c2n1. The average Bonchev–Trinajstić information content (AvgIpc) is 3.43. The van der Waals surface area contributed by atoms with Gasteiger partial charge in [-0.05, 0) is 37.1 Å². The summed E-state index contributed by atoms with van der Waals surface area (Å²) in [6.45, 7) is 0.249. The summed E-state index contributed by atoms with van der Waals surface area (Å²) in [4.78, 5) is 12.8. The zero-order valence-electron chi connectivity index (χ0n) is 19.8. The Balaban J connectivity index is 1.31. The van der Waals surface area contributed by atoms with Gasteiger partial charge >= 0.3 is 6.29 Å². The van der Waals surface area contributed by atoms with Gasteiger partial charge in [-0.1, -0.05) is 0 Å². The molecule has 0 spiro atoms. The first kappa shape index (κ1) is 24.4. The number of pyridine rings is 2. The molecule has 0 amide bonds. The zero-order valence-corrected chi connectivity index (χ0v) is 20.7. The summed E-state index contributed by atoms with van der Waals surface area (Å²) in [5.41, 5.74) is 1.25. The molecule has 10 nitrogen and oxygen atoms in total. The third-order valence-corrected chi connectivity index (χ3v) is 8.43. The highest BCUT2D eigenvalue weighted by molar-refractivity contribution is 7.89. The van der Waals surface area contributed by atoms with Crippen LogP contribution in [0.1, 0.15) is 18.9 Å². The second-order valence-electron chi connectivity index (χ2n) is 8.77. The minimum atomic E-state index is -4.01. The number of ether oxygens (including phenoxy) is 3. The smallest absolute Gasteiger partial charge is 0.481 e. The molecule has 0 unspecified atom stereocenters. The number of benzene rings is 1. The lowest BCUT2D eigenvalue weighted by molar-refractivity contribution is -0.286. The predicted octanol–water partition coefficient (Wildman–Crippen LogP) is 3.99. The van der Waals surface area contributed by atoms with E-state index in [0.717, 1.165) is 18.3 Å². The molecule has 3 aromatic heterocycles. The molecule has 0 saturated carbocycles. The van der Waals surface area contributed by atoms with Gasteiger partial charge in [-0.3, -0.25) is 4.98 Å². The third kappa shape index (κ3) is 4.09. The van der Waals surface area contributed by atoms with Crippen LogP contribution in [0.25, 0.3) is 22.6 Å². The first-order valence-electron chi connectivity index (χ1n) is 11.6. The van der Waals surface area contributed by atoms with E-state index in [9.17, 15) is 21.6 Å². The van der Waals surface area contributed by atoms with Crippen LogP contribution < -0.4 is 14.2 Å². The van der Waals surface area contributed by atoms with Crippen molar-refractivity contribution in [3.8, 4) is 28.8 Å². The van der Waals surface area contributed by atoms with Crippen LogP contribution >= 0.6 is 0 Å². The quantitative estimate of drug-likeness (QED) is 0.369. The summed E-state index contributed by atoms with van der Waals surface area (Å²) in [6.07, 6.45) is -0.548. The van der Waals surface area contributed by atoms with Crippen molar-refractivity contribution in [2.75, 3.05) is 20.2 Å². The lowest BCUT2D eigenvalue weighted by atomic mass is 10.1. The molecule has 2 aliphatic rings. The van der Waals surface area contributed by atoms with Crippen LogP contribution in [0.15, 0.2) is 53.7 Å². The van der Waals surface area contributed by atoms with Gasteiger partial charge in [-0.2, -0.15) is 9.29 Å². The highest BCUT2D eigenvalue weighted by atomic mass is 32.2. The number of methoxy groups -OCH3 is 1. The summed E-state index contributed by atoms with van der Waals surface area (Å²) < 4.78 is 85.2. The van der Waals surface area contributed by atoms with Crippen LogP contribution in [0.4, 0.5) is 13.2 Å². The first-order chi connectivity index (χ1) is 18.2. The molecule has 0 N–H and O–H groups in total. The summed E-state index contributed by atoms with van der Waals surface area (Å²) >= 11 is 0. The summed E-state index contributed by atoms with van der Waals surface area (Å²) in [6, 6.07) is 8.02. The van der Waals surface area contributed by atoms with Crippen LogP contribution in [0, 0.1) is 5.82 Å². The molecule has 1 fully saturated rings. The molecule has 14 heteroatoms. The van der Waals surface area contributed by atoms with Gasteiger partial charge in [0.15, 0.2) is 23.0 Å². The van der Waals surface area contributed by atoms with E-state index < -0.39 is 22.1 Å². The fourth-order valence-corrected chi connectivity index (χ4v) is 6.23. The molecule has 4 aromatic rings. The molecule has 0 atom stereocenters. The number of rotatable bonds is 5. The van der Waals surface area contributed by atoms with Gasteiger partial charge in [-0.25, -0.2) is 17.8 Å². The van der Waals surface area contributed by atoms with Crippen LogP contribution in [0.3, 0.4) is 0 Å². The van der Waals surface area contributed by atoms with E-state index in [1.807, 2.05) is 4.57 Å². The zero-order chi connectivity index (χ0) is 26.7. The second-order valence-corrected chi connectivity index (χ2v) is 10.7. The number of halogens is 3. The molecule has 1 saturated heterocycles. The molecule has 0 aliphatic carbocycles. The van der Waals surface area contributed by atoms with Crippen LogP contribution in [0.5, 0.6) is 17.4 Å². The van der Waals surface area contributed by atoms with Crippen LogP contribution in [-0.2, 0) is 10.0 Å². The number of fused-ring (bicyclic) bond motifs is 2. The number of piperidine rings is 1. The number of alkyl halides is 2. The number of imidazole rings is 1. The van der Waals surface area contributed by atoms with Crippen molar-refractivity contribution in [3.05, 3.63) is 54.6 Å². The highest BCUT2D eigenvalue weighted by Gasteiger charge is 2.44. The van der Waals surface area contributed by atoms with E-state index in [0.29, 0.717) is 35.7 Å². The molecule has 6 rings (SSSR count). The van der Waals surface area contributed by atoms with Crippen molar-refractivity contribution < 1.29 is 35.8 Å². The normalized spacial score (nSPS) is 17.7. The molecular weight excluding hydrogens is 527 g/mol. The largest absolute Gasteiger partial charge is 0.586 e. The topological polar surface area (TPSA) is 109 Å². The van der Waals surface area contributed by atoms with E-state index in [-0.39, 0.29) is 41.1 Å². The number of aromatic nitrogens is 4. The van der Waals surface area contributed by atoms with E-state index in [4.69, 9.17) is 4.74 Å². The maximum absolute atomic E-state index is 14.7. The maximum Gasteiger partial charge on any atom is 0.586 e. The Morgan fingerprint density at radius 1 is 1.05 bits per heavy atom. The van der Waals surface area contributed by atoms with E-state index in [1.54, 1.807) is 12.1 Å². The maximum atomic E-state index is 14.7. The van der Waals surface area contributed by atoms with Gasteiger partial charge in [0.1, 0.15) is 11.3 Å². The van der Waals surface area contributed by atoms with Gasteiger partial charge in [0.25, 0.3) is 0 Å². The molecule has 38 heavy (non-hydrogen) atoms. The fourth-order valence-electron chi connectivity index (χ4n) is 4.74. The Kier molecular flexibility index (Phi) is 5.68. The molecular formula is C24H20F3N5O5S. The van der Waals surface area contributed by atoms with Crippen molar-refractivity contribution in [1.29, 1.82) is 0 Å². The Labute approximate surface area is 214 Å². The standard InChI is InChI=1S/C24H20F3N5O5S/c1-35-21-5-3-18-23(30-21)32(22(29-18)16-6-9-28-13-17(16)25)14-7-10-31(11-8-14)38(33,34)15-2-4-19-20(12-15)37-24(26,27)36-19/h2-6,9,12-14H,7-8,10-11H2,1H3. The minimum Gasteiger partial charge on any atom is -0.481 e. The van der Waals surface area contributed by atoms with Gasteiger partial charge in [-0.15, -0.1) is 8.78 Å². The third-order valence-electron chi connectivity index (χ3n) is 6.53. The summed E-state index contributed by atoms with van der Waals surface area (Å²) in [5, 5.41) is 0. The second kappa shape index (κ2) is 8.84. The molecule has 198 valence electrons. The number of nitrogens with zero attached hydrogens (tertiary/aromatic N) is 5. The van der Waals surface area contributed by atoms with Crippen molar-refractivity contribution in [2.45, 2.75) is 30.1 Å². The van der Waals surface area contributed by atoms with Gasteiger partial charge in [0, 0.05) is 37.5 Å². The number of sulfonamides is 1. The minimum absolute atomic E-state index is 0.125. The van der Waals surface area contributed by atoms with E-state index >= 15 is 0 Å². The van der Waals surface area contributed by atoms with E-state index in [1.165, 1.54) is 29.7 Å². The average molecular weight is 548 g/mol. The Hall–Kier alpha value is -3.91. The molecule has 5 heterocycles. The molecule has 1 aromatic carbocycles. The molecule has 0 radical (unpaired) electrons. The summed E-state index contributed by atoms with van der Waals surface area (Å²) in [5.74, 6) is -0.435. The number of hydrogen-bond acceptors (Lipinski definition) is 8. The molecule has 2 aliphatic heterocycles. The lowest BCUT2D eigenvalue weighted by Crippen LogP contribution is -2.39. The Morgan fingerprint density at radius 3 is 2.55 bits per heavy atom. The van der Waals surface area contributed by atoms with Gasteiger partial charge < -0.3 is 18.8 Å². The van der Waals surface area contributed by atoms with Crippen LogP contribution in [-0.4, -0.2) is 58.7 Å². The van der Waals surface area contributed by atoms with Crippen molar-refractivity contribution in [3.63, 3.8) is 0 Å². The lowest BCUT2D eigenvalue weighted by Gasteiger charge is -2.32. The van der Waals surface area contributed by atoms with Crippen molar-refractivity contribution >= 4 is 21.2 Å².